The zero-order valence-corrected chi connectivity index (χ0v) is 10.3. The van der Waals surface area contributed by atoms with Gasteiger partial charge in [0.25, 0.3) is 5.91 Å². The number of carbonyl (C=O) groups is 1. The molecule has 0 spiro atoms. The molecule has 4 nitrogen and oxygen atoms in total. The summed E-state index contributed by atoms with van der Waals surface area (Å²) in [6.45, 7) is 5.12. The second kappa shape index (κ2) is 4.37. The molecule has 1 fully saturated rings. The summed E-state index contributed by atoms with van der Waals surface area (Å²) in [4.78, 5) is 17.6. The Hall–Kier alpha value is -1.55. The molecule has 1 aromatic carbocycles. The van der Waals surface area contributed by atoms with Crippen LogP contribution in [0.1, 0.15) is 25.8 Å². The summed E-state index contributed by atoms with van der Waals surface area (Å²) in [5.41, 5.74) is 6.72. The standard InChI is InChI=1S/C13H18N2O2/c1-13(2,10-4-6-11(14)7-5-10)12(16)15-8-3-9-17-15/h4-7H,3,8-9,14H2,1-2H3. The Bertz CT molecular complexity index is 406. The predicted molar refractivity (Wildman–Crippen MR) is 66.2 cm³/mol. The largest absolute Gasteiger partial charge is 0.399 e. The first kappa shape index (κ1) is 11.9. The van der Waals surface area contributed by atoms with Gasteiger partial charge in [0.15, 0.2) is 0 Å². The molecule has 92 valence electrons. The lowest BCUT2D eigenvalue weighted by Gasteiger charge is -2.28. The number of nitrogen functional groups attached to an aromatic ring is 1. The number of nitrogens with zero attached hydrogens (tertiary/aromatic N) is 1. The molecule has 1 amide bonds. The van der Waals surface area contributed by atoms with Gasteiger partial charge in [-0.1, -0.05) is 12.1 Å². The maximum Gasteiger partial charge on any atom is 0.256 e. The van der Waals surface area contributed by atoms with Crippen molar-refractivity contribution in [2.24, 2.45) is 0 Å². The summed E-state index contributed by atoms with van der Waals surface area (Å²) >= 11 is 0. The van der Waals surface area contributed by atoms with E-state index in [0.29, 0.717) is 18.8 Å². The van der Waals surface area contributed by atoms with Crippen LogP contribution in [0.15, 0.2) is 24.3 Å². The topological polar surface area (TPSA) is 55.6 Å². The van der Waals surface area contributed by atoms with E-state index in [-0.39, 0.29) is 5.91 Å². The summed E-state index contributed by atoms with van der Waals surface area (Å²) in [6.07, 6.45) is 0.906. The minimum atomic E-state index is -0.585. The average molecular weight is 234 g/mol. The van der Waals surface area contributed by atoms with Gasteiger partial charge in [-0.2, -0.15) is 0 Å². The molecule has 1 saturated heterocycles. The van der Waals surface area contributed by atoms with Crippen LogP contribution in [0.5, 0.6) is 0 Å². The summed E-state index contributed by atoms with van der Waals surface area (Å²) in [6, 6.07) is 7.41. The van der Waals surface area contributed by atoms with E-state index in [1.54, 1.807) is 0 Å². The molecule has 2 rings (SSSR count). The van der Waals surface area contributed by atoms with E-state index in [0.717, 1.165) is 12.0 Å². The molecule has 1 aliphatic heterocycles. The number of hydrogen-bond acceptors (Lipinski definition) is 3. The highest BCUT2D eigenvalue weighted by Gasteiger charge is 2.35. The van der Waals surface area contributed by atoms with Gasteiger partial charge < -0.3 is 5.73 Å². The van der Waals surface area contributed by atoms with Gasteiger partial charge in [0, 0.05) is 5.69 Å². The molecule has 2 N–H and O–H groups in total. The van der Waals surface area contributed by atoms with Crippen molar-refractivity contribution in [2.45, 2.75) is 25.7 Å². The summed E-state index contributed by atoms with van der Waals surface area (Å²) < 4.78 is 0. The lowest BCUT2D eigenvalue weighted by atomic mass is 9.83. The van der Waals surface area contributed by atoms with Crippen molar-refractivity contribution in [3.8, 4) is 0 Å². The van der Waals surface area contributed by atoms with E-state index in [9.17, 15) is 4.79 Å². The second-order valence-corrected chi connectivity index (χ2v) is 4.84. The number of hydroxylamine groups is 2. The van der Waals surface area contributed by atoms with Crippen LogP contribution in [0.4, 0.5) is 5.69 Å². The van der Waals surface area contributed by atoms with Crippen LogP contribution in [0, 0.1) is 0 Å². The monoisotopic (exact) mass is 234 g/mol. The Balaban J connectivity index is 2.22. The van der Waals surface area contributed by atoms with Crippen LogP contribution < -0.4 is 5.73 Å². The number of hydrogen-bond donors (Lipinski definition) is 1. The smallest absolute Gasteiger partial charge is 0.256 e. The van der Waals surface area contributed by atoms with Crippen LogP contribution in [-0.4, -0.2) is 24.1 Å². The predicted octanol–water partition coefficient (Wildman–Crippen LogP) is 1.71. The number of benzene rings is 1. The van der Waals surface area contributed by atoms with Gasteiger partial charge in [0.05, 0.1) is 18.6 Å². The van der Waals surface area contributed by atoms with Crippen LogP contribution in [-0.2, 0) is 15.0 Å². The first-order valence-electron chi connectivity index (χ1n) is 5.83. The molecule has 0 unspecified atom stereocenters. The Kier molecular flexibility index (Phi) is 3.07. The molecule has 17 heavy (non-hydrogen) atoms. The summed E-state index contributed by atoms with van der Waals surface area (Å²) in [5, 5.41) is 1.47. The van der Waals surface area contributed by atoms with Gasteiger partial charge in [-0.3, -0.25) is 9.63 Å². The normalized spacial score (nSPS) is 16.2. The molecule has 0 atom stereocenters. The molecule has 0 radical (unpaired) electrons. The molecule has 1 aliphatic rings. The van der Waals surface area contributed by atoms with Crippen molar-refractivity contribution >= 4 is 11.6 Å². The molecular formula is C13H18N2O2. The molecule has 0 saturated carbocycles. The minimum Gasteiger partial charge on any atom is -0.399 e. The van der Waals surface area contributed by atoms with Gasteiger partial charge in [0.2, 0.25) is 0 Å². The third-order valence-electron chi connectivity index (χ3n) is 3.15. The van der Waals surface area contributed by atoms with Crippen molar-refractivity contribution in [3.05, 3.63) is 29.8 Å². The highest BCUT2D eigenvalue weighted by Crippen LogP contribution is 2.27. The van der Waals surface area contributed by atoms with Crippen LogP contribution in [0.2, 0.25) is 0 Å². The van der Waals surface area contributed by atoms with Gasteiger partial charge >= 0.3 is 0 Å². The number of nitrogens with two attached hydrogens (primary N) is 1. The lowest BCUT2D eigenvalue weighted by molar-refractivity contribution is -0.174. The first-order chi connectivity index (χ1) is 8.01. The maximum absolute atomic E-state index is 12.3. The van der Waals surface area contributed by atoms with E-state index in [4.69, 9.17) is 10.6 Å². The van der Waals surface area contributed by atoms with E-state index in [1.807, 2.05) is 38.1 Å². The lowest BCUT2D eigenvalue weighted by Crippen LogP contribution is -2.41. The highest BCUT2D eigenvalue weighted by atomic mass is 16.7. The number of carbonyl (C=O) groups excluding carboxylic acids is 1. The Labute approximate surface area is 101 Å². The Morgan fingerprint density at radius 2 is 2.00 bits per heavy atom. The van der Waals surface area contributed by atoms with E-state index < -0.39 is 5.41 Å². The second-order valence-electron chi connectivity index (χ2n) is 4.84. The highest BCUT2D eigenvalue weighted by molar-refractivity contribution is 5.86. The third-order valence-corrected chi connectivity index (χ3v) is 3.15. The van der Waals surface area contributed by atoms with E-state index in [2.05, 4.69) is 0 Å². The molecule has 0 bridgehead atoms. The van der Waals surface area contributed by atoms with Crippen molar-refractivity contribution in [3.63, 3.8) is 0 Å². The fourth-order valence-electron chi connectivity index (χ4n) is 1.94. The van der Waals surface area contributed by atoms with E-state index in [1.165, 1.54) is 5.06 Å². The SMILES string of the molecule is CC(C)(C(=O)N1CCCO1)c1ccc(N)cc1. The first-order valence-corrected chi connectivity index (χ1v) is 5.83. The number of anilines is 1. The van der Waals surface area contributed by atoms with Crippen LogP contribution in [0.25, 0.3) is 0 Å². The third kappa shape index (κ3) is 2.26. The molecular weight excluding hydrogens is 216 g/mol. The molecule has 4 heteroatoms. The average Bonchev–Trinajstić information content (AvgIpc) is 2.82. The van der Waals surface area contributed by atoms with Gasteiger partial charge in [-0.05, 0) is 38.0 Å². The molecule has 1 heterocycles. The fraction of sp³-hybridized carbons (Fsp3) is 0.462. The minimum absolute atomic E-state index is 0.000212. The maximum atomic E-state index is 12.3. The van der Waals surface area contributed by atoms with Gasteiger partial charge in [0.1, 0.15) is 0 Å². The Morgan fingerprint density at radius 3 is 2.53 bits per heavy atom. The molecule has 0 aromatic heterocycles. The van der Waals surface area contributed by atoms with Gasteiger partial charge in [-0.15, -0.1) is 0 Å². The Morgan fingerprint density at radius 1 is 1.35 bits per heavy atom. The number of amides is 1. The number of rotatable bonds is 2. The zero-order chi connectivity index (χ0) is 12.5. The van der Waals surface area contributed by atoms with Crippen LogP contribution in [0.3, 0.4) is 0 Å². The molecule has 1 aromatic rings. The summed E-state index contributed by atoms with van der Waals surface area (Å²) in [7, 11) is 0. The summed E-state index contributed by atoms with van der Waals surface area (Å²) in [5.74, 6) is -0.000212. The van der Waals surface area contributed by atoms with Crippen molar-refractivity contribution in [2.75, 3.05) is 18.9 Å². The van der Waals surface area contributed by atoms with Crippen molar-refractivity contribution < 1.29 is 9.63 Å². The quantitative estimate of drug-likeness (QED) is 0.792. The van der Waals surface area contributed by atoms with Crippen molar-refractivity contribution in [1.82, 2.24) is 5.06 Å². The van der Waals surface area contributed by atoms with Crippen molar-refractivity contribution in [1.29, 1.82) is 0 Å². The fourth-order valence-corrected chi connectivity index (χ4v) is 1.94. The van der Waals surface area contributed by atoms with E-state index >= 15 is 0 Å². The molecule has 0 aliphatic carbocycles. The zero-order valence-electron chi connectivity index (χ0n) is 10.3. The van der Waals surface area contributed by atoms with Crippen LogP contribution >= 0.6 is 0 Å². The van der Waals surface area contributed by atoms with Gasteiger partial charge in [-0.25, -0.2) is 5.06 Å².